The van der Waals surface area contributed by atoms with Gasteiger partial charge >= 0.3 is 6.18 Å². The first-order chi connectivity index (χ1) is 19.6. The number of rotatable bonds is 9. The molecule has 2 heterocycles. The van der Waals surface area contributed by atoms with Crippen LogP contribution >= 0.6 is 0 Å². The fourth-order valence-corrected chi connectivity index (χ4v) is 4.66. The van der Waals surface area contributed by atoms with Crippen molar-refractivity contribution in [2.75, 3.05) is 26.1 Å². The number of nitrogens with one attached hydrogen (secondary N) is 1. The van der Waals surface area contributed by atoms with Crippen LogP contribution in [0.5, 0.6) is 28.7 Å². The molecule has 216 valence electrons. The van der Waals surface area contributed by atoms with Crippen molar-refractivity contribution in [3.8, 4) is 28.7 Å². The molecule has 2 aromatic heterocycles. The van der Waals surface area contributed by atoms with Gasteiger partial charge in [0.05, 0.1) is 37.7 Å². The molecule has 4 aromatic rings. The molecule has 0 atom stereocenters. The van der Waals surface area contributed by atoms with Gasteiger partial charge in [-0.05, 0) is 37.1 Å². The maximum absolute atomic E-state index is 15.1. The van der Waals surface area contributed by atoms with Gasteiger partial charge in [-0.25, -0.2) is 4.39 Å². The number of hydrogen-bond acceptors (Lipinski definition) is 7. The Morgan fingerprint density at radius 2 is 1.76 bits per heavy atom. The molecule has 41 heavy (non-hydrogen) atoms. The fraction of sp³-hybridized carbons (Fsp3) is 0.321. The molecule has 1 amide bonds. The average Bonchev–Trinajstić information content (AvgIpc) is 3.63. The number of hydrogen-bond donors (Lipinski definition) is 1. The highest BCUT2D eigenvalue weighted by molar-refractivity contribution is 6.04. The molecule has 9 nitrogen and oxygen atoms in total. The smallest absolute Gasteiger partial charge is 0.422 e. The van der Waals surface area contributed by atoms with Crippen LogP contribution in [0.3, 0.4) is 0 Å². The zero-order chi connectivity index (χ0) is 29.1. The summed E-state index contributed by atoms with van der Waals surface area (Å²) in [6.45, 7) is -1.59. The van der Waals surface area contributed by atoms with E-state index in [0.717, 1.165) is 31.7 Å². The number of amides is 1. The van der Waals surface area contributed by atoms with Crippen LogP contribution in [0.1, 0.15) is 42.2 Å². The lowest BCUT2D eigenvalue weighted by atomic mass is 10.2. The van der Waals surface area contributed by atoms with Gasteiger partial charge in [-0.1, -0.05) is 12.8 Å². The van der Waals surface area contributed by atoms with Crippen molar-refractivity contribution in [3.05, 3.63) is 60.3 Å². The highest BCUT2D eigenvalue weighted by Gasteiger charge is 2.31. The molecule has 0 aliphatic heterocycles. The molecule has 1 aliphatic rings. The van der Waals surface area contributed by atoms with Crippen LogP contribution in [0.15, 0.2) is 48.8 Å². The lowest BCUT2D eigenvalue weighted by Gasteiger charge is -2.13. The summed E-state index contributed by atoms with van der Waals surface area (Å²) in [4.78, 5) is 17.3. The second-order valence-electron chi connectivity index (χ2n) is 9.40. The predicted octanol–water partition coefficient (Wildman–Crippen LogP) is 6.69. The molecule has 0 radical (unpaired) electrons. The lowest BCUT2D eigenvalue weighted by molar-refractivity contribution is -0.153. The highest BCUT2D eigenvalue weighted by Crippen LogP contribution is 2.37. The number of benzene rings is 2. The van der Waals surface area contributed by atoms with E-state index in [2.05, 4.69) is 15.4 Å². The summed E-state index contributed by atoms with van der Waals surface area (Å²) in [7, 11) is 3.00. The SMILES string of the molecule is COc1cc2nccc(Oc3ccc(NC(=O)c4nn(C5CCCC5)cc4OCC(F)(F)F)c(F)c3)c2cc1OC. The van der Waals surface area contributed by atoms with E-state index in [4.69, 9.17) is 18.9 Å². The van der Waals surface area contributed by atoms with Crippen molar-refractivity contribution in [1.29, 1.82) is 0 Å². The number of anilines is 1. The number of ether oxygens (including phenoxy) is 4. The van der Waals surface area contributed by atoms with E-state index in [0.29, 0.717) is 28.2 Å². The highest BCUT2D eigenvalue weighted by atomic mass is 19.4. The third-order valence-electron chi connectivity index (χ3n) is 6.63. The van der Waals surface area contributed by atoms with Crippen LogP contribution in [-0.2, 0) is 0 Å². The number of fused-ring (bicyclic) bond motifs is 1. The van der Waals surface area contributed by atoms with E-state index in [1.54, 1.807) is 18.2 Å². The Bertz CT molecular complexity index is 1570. The van der Waals surface area contributed by atoms with Gasteiger partial charge < -0.3 is 24.3 Å². The Labute approximate surface area is 232 Å². The predicted molar refractivity (Wildman–Crippen MR) is 141 cm³/mol. The van der Waals surface area contributed by atoms with E-state index in [1.807, 2.05) is 0 Å². The maximum atomic E-state index is 15.1. The van der Waals surface area contributed by atoms with Crippen LogP contribution in [0, 0.1) is 5.82 Å². The first-order valence-electron chi connectivity index (χ1n) is 12.7. The quantitative estimate of drug-likeness (QED) is 0.223. The summed E-state index contributed by atoms with van der Waals surface area (Å²) in [6, 6.07) is 8.70. The number of carbonyl (C=O) groups is 1. The minimum absolute atomic E-state index is 0.0525. The van der Waals surface area contributed by atoms with Crippen LogP contribution in [-0.4, -0.2) is 47.7 Å². The third kappa shape index (κ3) is 6.28. The normalized spacial score (nSPS) is 13.8. The van der Waals surface area contributed by atoms with Gasteiger partial charge in [0.1, 0.15) is 17.3 Å². The molecule has 1 saturated carbocycles. The number of carbonyl (C=O) groups excluding carboxylic acids is 1. The second-order valence-corrected chi connectivity index (χ2v) is 9.40. The summed E-state index contributed by atoms with van der Waals surface area (Å²) >= 11 is 0. The zero-order valence-electron chi connectivity index (χ0n) is 22.1. The number of nitrogens with zero attached hydrogens (tertiary/aromatic N) is 3. The topological polar surface area (TPSA) is 96.7 Å². The lowest BCUT2D eigenvalue weighted by Crippen LogP contribution is -2.21. The summed E-state index contributed by atoms with van der Waals surface area (Å²) in [6.07, 6.45) is 1.66. The van der Waals surface area contributed by atoms with Crippen LogP contribution in [0.25, 0.3) is 10.9 Å². The van der Waals surface area contributed by atoms with E-state index in [-0.39, 0.29) is 28.9 Å². The molecule has 1 N–H and O–H groups in total. The molecule has 5 rings (SSSR count). The average molecular weight is 575 g/mol. The van der Waals surface area contributed by atoms with Crippen molar-refractivity contribution in [1.82, 2.24) is 14.8 Å². The summed E-state index contributed by atoms with van der Waals surface area (Å²) in [5, 5.41) is 7.15. The zero-order valence-corrected chi connectivity index (χ0v) is 22.1. The maximum Gasteiger partial charge on any atom is 0.422 e. The minimum Gasteiger partial charge on any atom is -0.493 e. The number of methoxy groups -OCH3 is 2. The van der Waals surface area contributed by atoms with E-state index < -0.39 is 24.5 Å². The monoisotopic (exact) mass is 574 g/mol. The van der Waals surface area contributed by atoms with Gasteiger partial charge in [-0.2, -0.15) is 18.3 Å². The van der Waals surface area contributed by atoms with Gasteiger partial charge in [0.15, 0.2) is 29.5 Å². The van der Waals surface area contributed by atoms with Crippen molar-refractivity contribution in [2.45, 2.75) is 37.9 Å². The minimum atomic E-state index is -4.61. The molecule has 13 heteroatoms. The van der Waals surface area contributed by atoms with Crippen molar-refractivity contribution in [2.24, 2.45) is 0 Å². The van der Waals surface area contributed by atoms with Crippen LogP contribution in [0.2, 0.25) is 0 Å². The molecule has 0 bridgehead atoms. The Hall–Kier alpha value is -4.55. The molecule has 0 spiro atoms. The largest absolute Gasteiger partial charge is 0.493 e. The Morgan fingerprint density at radius 3 is 2.44 bits per heavy atom. The Kier molecular flexibility index (Phi) is 7.86. The number of aromatic nitrogens is 3. The van der Waals surface area contributed by atoms with Gasteiger partial charge in [-0.15, -0.1) is 0 Å². The summed E-state index contributed by atoms with van der Waals surface area (Å²) in [5.74, 6) is -0.636. The summed E-state index contributed by atoms with van der Waals surface area (Å²) < 4.78 is 76.4. The fourth-order valence-electron chi connectivity index (χ4n) is 4.66. The Morgan fingerprint density at radius 1 is 1.02 bits per heavy atom. The van der Waals surface area contributed by atoms with Crippen molar-refractivity contribution in [3.63, 3.8) is 0 Å². The second kappa shape index (κ2) is 11.5. The van der Waals surface area contributed by atoms with E-state index in [1.165, 1.54) is 43.4 Å². The van der Waals surface area contributed by atoms with Gasteiger partial charge in [-0.3, -0.25) is 14.5 Å². The van der Waals surface area contributed by atoms with Crippen molar-refractivity contribution >= 4 is 22.5 Å². The first-order valence-corrected chi connectivity index (χ1v) is 12.7. The van der Waals surface area contributed by atoms with Crippen LogP contribution in [0.4, 0.5) is 23.2 Å². The molecule has 0 saturated heterocycles. The van der Waals surface area contributed by atoms with E-state index >= 15 is 4.39 Å². The third-order valence-corrected chi connectivity index (χ3v) is 6.63. The van der Waals surface area contributed by atoms with E-state index in [9.17, 15) is 18.0 Å². The first kappa shape index (κ1) is 28.0. The molecule has 2 aromatic carbocycles. The van der Waals surface area contributed by atoms with Crippen LogP contribution < -0.4 is 24.3 Å². The van der Waals surface area contributed by atoms with Crippen molar-refractivity contribution < 1.29 is 41.3 Å². The number of halogens is 4. The number of alkyl halides is 3. The van der Waals surface area contributed by atoms with Gasteiger partial charge in [0.25, 0.3) is 5.91 Å². The molecular formula is C28H26F4N4O5. The molecule has 1 aliphatic carbocycles. The van der Waals surface area contributed by atoms with Gasteiger partial charge in [0, 0.05) is 23.7 Å². The van der Waals surface area contributed by atoms with Gasteiger partial charge in [0.2, 0.25) is 0 Å². The standard InChI is InChI=1S/C28H26F4N4O5/c1-38-23-12-18-21(13-24(23)39-2)33-10-9-22(18)41-17-7-8-20(19(29)11-17)34-27(37)26-25(40-15-28(30,31)32)14-36(35-26)16-5-3-4-6-16/h7-14,16H,3-6,15H2,1-2H3,(H,34,37). The molecular weight excluding hydrogens is 548 g/mol. The molecule has 1 fully saturated rings. The molecule has 0 unspecified atom stereocenters. The Balaban J connectivity index is 1.36. The number of pyridine rings is 1. The summed E-state index contributed by atoms with van der Waals surface area (Å²) in [5.41, 5.74) is -0.0240.